The zero-order chi connectivity index (χ0) is 15.2. The maximum absolute atomic E-state index is 12.0. The van der Waals surface area contributed by atoms with Gasteiger partial charge in [-0.2, -0.15) is 0 Å². The molecule has 0 atom stereocenters. The van der Waals surface area contributed by atoms with E-state index in [1.807, 2.05) is 13.8 Å². The molecule has 0 unspecified atom stereocenters. The number of nitrogens with one attached hydrogen (secondary N) is 2. The van der Waals surface area contributed by atoms with E-state index in [-0.39, 0.29) is 24.4 Å². The number of amides is 2. The summed E-state index contributed by atoms with van der Waals surface area (Å²) in [4.78, 5) is 23.5. The molecule has 2 rings (SSSR count). The summed E-state index contributed by atoms with van der Waals surface area (Å²) in [6.45, 7) is 3.65. The molecule has 1 heterocycles. The molecule has 2 N–H and O–H groups in total. The lowest BCUT2D eigenvalue weighted by Gasteiger charge is -2.09. The standard InChI is InChI=1S/C13H16N6O2/c1-9(2)16-12(20)7-14-13(21)10-4-3-5-11(6-10)19-8-15-17-18-19/h3-6,8-9H,7H2,1-2H3,(H,14,21)(H,16,20). The highest BCUT2D eigenvalue weighted by Crippen LogP contribution is 2.08. The van der Waals surface area contributed by atoms with E-state index < -0.39 is 0 Å². The molecule has 0 radical (unpaired) electrons. The average molecular weight is 288 g/mol. The van der Waals surface area contributed by atoms with Crippen LogP contribution in [0.4, 0.5) is 0 Å². The zero-order valence-electron chi connectivity index (χ0n) is 11.8. The lowest BCUT2D eigenvalue weighted by molar-refractivity contribution is -0.120. The van der Waals surface area contributed by atoms with Crippen molar-refractivity contribution in [3.05, 3.63) is 36.2 Å². The van der Waals surface area contributed by atoms with Crippen molar-refractivity contribution in [3.8, 4) is 5.69 Å². The fourth-order valence-electron chi connectivity index (χ4n) is 1.70. The van der Waals surface area contributed by atoms with Crippen molar-refractivity contribution < 1.29 is 9.59 Å². The van der Waals surface area contributed by atoms with Crippen LogP contribution in [-0.4, -0.2) is 44.6 Å². The topological polar surface area (TPSA) is 102 Å². The predicted octanol–water partition coefficient (Wildman–Crippen LogP) is -0.0833. The summed E-state index contributed by atoms with van der Waals surface area (Å²) in [5.74, 6) is -0.557. The molecular weight excluding hydrogens is 272 g/mol. The molecule has 0 bridgehead atoms. The second-order valence-corrected chi connectivity index (χ2v) is 4.71. The van der Waals surface area contributed by atoms with E-state index in [9.17, 15) is 9.59 Å². The predicted molar refractivity (Wildman–Crippen MR) is 74.8 cm³/mol. The summed E-state index contributed by atoms with van der Waals surface area (Å²) in [5.41, 5.74) is 1.10. The Labute approximate surface area is 121 Å². The largest absolute Gasteiger partial charge is 0.352 e. The lowest BCUT2D eigenvalue weighted by Crippen LogP contribution is -2.39. The first-order valence-electron chi connectivity index (χ1n) is 6.47. The van der Waals surface area contributed by atoms with Crippen LogP contribution in [0.5, 0.6) is 0 Å². The van der Waals surface area contributed by atoms with Gasteiger partial charge in [-0.1, -0.05) is 6.07 Å². The molecule has 1 aromatic carbocycles. The number of benzene rings is 1. The molecule has 0 spiro atoms. The number of nitrogens with zero attached hydrogens (tertiary/aromatic N) is 4. The highest BCUT2D eigenvalue weighted by Gasteiger charge is 2.10. The van der Waals surface area contributed by atoms with Crippen molar-refractivity contribution in [2.45, 2.75) is 19.9 Å². The second-order valence-electron chi connectivity index (χ2n) is 4.71. The van der Waals surface area contributed by atoms with Gasteiger partial charge in [0.25, 0.3) is 5.91 Å². The van der Waals surface area contributed by atoms with Crippen LogP contribution in [0.3, 0.4) is 0 Å². The number of rotatable bonds is 5. The van der Waals surface area contributed by atoms with E-state index in [1.54, 1.807) is 24.3 Å². The molecule has 0 aliphatic rings. The quantitative estimate of drug-likeness (QED) is 0.801. The summed E-state index contributed by atoms with van der Waals surface area (Å²) in [6.07, 6.45) is 1.44. The molecule has 110 valence electrons. The van der Waals surface area contributed by atoms with Crippen molar-refractivity contribution in [2.75, 3.05) is 6.54 Å². The number of hydrogen-bond donors (Lipinski definition) is 2. The molecule has 0 aliphatic heterocycles. The fourth-order valence-corrected chi connectivity index (χ4v) is 1.70. The van der Waals surface area contributed by atoms with Crippen LogP contribution in [0.2, 0.25) is 0 Å². The first kappa shape index (κ1) is 14.6. The Hall–Kier alpha value is -2.77. The summed E-state index contributed by atoms with van der Waals surface area (Å²) >= 11 is 0. The van der Waals surface area contributed by atoms with Gasteiger partial charge >= 0.3 is 0 Å². The average Bonchev–Trinajstić information content (AvgIpc) is 2.98. The lowest BCUT2D eigenvalue weighted by atomic mass is 10.2. The third-order valence-corrected chi connectivity index (χ3v) is 2.58. The Morgan fingerprint density at radius 2 is 2.14 bits per heavy atom. The highest BCUT2D eigenvalue weighted by molar-refractivity contribution is 5.96. The number of hydrogen-bond acceptors (Lipinski definition) is 5. The zero-order valence-corrected chi connectivity index (χ0v) is 11.8. The molecule has 0 fully saturated rings. The minimum Gasteiger partial charge on any atom is -0.352 e. The normalized spacial score (nSPS) is 10.4. The number of tetrazole rings is 1. The van der Waals surface area contributed by atoms with Crippen molar-refractivity contribution >= 4 is 11.8 Å². The Morgan fingerprint density at radius 3 is 2.81 bits per heavy atom. The van der Waals surface area contributed by atoms with E-state index in [0.29, 0.717) is 11.3 Å². The summed E-state index contributed by atoms with van der Waals surface area (Å²) in [7, 11) is 0. The molecular formula is C13H16N6O2. The smallest absolute Gasteiger partial charge is 0.251 e. The summed E-state index contributed by atoms with van der Waals surface area (Å²) in [5, 5.41) is 16.1. The first-order chi connectivity index (χ1) is 10.1. The molecule has 8 nitrogen and oxygen atoms in total. The van der Waals surface area contributed by atoms with Crippen molar-refractivity contribution in [1.82, 2.24) is 30.8 Å². The molecule has 8 heteroatoms. The van der Waals surface area contributed by atoms with Crippen molar-refractivity contribution in [1.29, 1.82) is 0 Å². The number of carbonyl (C=O) groups is 2. The third kappa shape index (κ3) is 4.10. The van der Waals surface area contributed by atoms with Gasteiger partial charge in [-0.15, -0.1) is 5.10 Å². The van der Waals surface area contributed by atoms with E-state index in [2.05, 4.69) is 26.2 Å². The minimum absolute atomic E-state index is 0.0394. The van der Waals surface area contributed by atoms with E-state index in [0.717, 1.165) is 0 Å². The highest BCUT2D eigenvalue weighted by atomic mass is 16.2. The van der Waals surface area contributed by atoms with Crippen LogP contribution in [0.15, 0.2) is 30.6 Å². The van der Waals surface area contributed by atoms with E-state index in [1.165, 1.54) is 11.0 Å². The van der Waals surface area contributed by atoms with Gasteiger partial charge in [-0.25, -0.2) is 4.68 Å². The van der Waals surface area contributed by atoms with Crippen LogP contribution < -0.4 is 10.6 Å². The van der Waals surface area contributed by atoms with E-state index in [4.69, 9.17) is 0 Å². The Bertz CT molecular complexity index is 623. The maximum Gasteiger partial charge on any atom is 0.251 e. The third-order valence-electron chi connectivity index (χ3n) is 2.58. The van der Waals surface area contributed by atoms with Crippen LogP contribution >= 0.6 is 0 Å². The van der Waals surface area contributed by atoms with Gasteiger partial charge in [-0.3, -0.25) is 9.59 Å². The van der Waals surface area contributed by atoms with Gasteiger partial charge in [-0.05, 0) is 42.5 Å². The molecule has 0 saturated carbocycles. The molecule has 21 heavy (non-hydrogen) atoms. The van der Waals surface area contributed by atoms with Crippen LogP contribution in [0.25, 0.3) is 5.69 Å². The van der Waals surface area contributed by atoms with Crippen LogP contribution in [0.1, 0.15) is 24.2 Å². The molecule has 1 aromatic heterocycles. The second kappa shape index (κ2) is 6.60. The van der Waals surface area contributed by atoms with Crippen molar-refractivity contribution in [3.63, 3.8) is 0 Å². The number of carbonyl (C=O) groups excluding carboxylic acids is 2. The molecule has 0 saturated heterocycles. The summed E-state index contributed by atoms with van der Waals surface area (Å²) in [6, 6.07) is 6.84. The number of aromatic nitrogens is 4. The monoisotopic (exact) mass is 288 g/mol. The van der Waals surface area contributed by atoms with Gasteiger partial charge in [0.05, 0.1) is 12.2 Å². The van der Waals surface area contributed by atoms with Gasteiger partial charge in [0.2, 0.25) is 5.91 Å². The summed E-state index contributed by atoms with van der Waals surface area (Å²) < 4.78 is 1.45. The fraction of sp³-hybridized carbons (Fsp3) is 0.308. The SMILES string of the molecule is CC(C)NC(=O)CNC(=O)c1cccc(-n2cnnn2)c1. The van der Waals surface area contributed by atoms with Gasteiger partial charge in [0.1, 0.15) is 6.33 Å². The maximum atomic E-state index is 12.0. The molecule has 2 aromatic rings. The van der Waals surface area contributed by atoms with Crippen LogP contribution in [0, 0.1) is 0 Å². The first-order valence-corrected chi connectivity index (χ1v) is 6.47. The molecule has 0 aliphatic carbocycles. The van der Waals surface area contributed by atoms with E-state index >= 15 is 0 Å². The minimum atomic E-state index is -0.330. The van der Waals surface area contributed by atoms with Gasteiger partial charge < -0.3 is 10.6 Å². The Kier molecular flexibility index (Phi) is 4.60. The van der Waals surface area contributed by atoms with Crippen LogP contribution in [-0.2, 0) is 4.79 Å². The Morgan fingerprint density at radius 1 is 1.33 bits per heavy atom. The van der Waals surface area contributed by atoms with Crippen molar-refractivity contribution in [2.24, 2.45) is 0 Å². The Balaban J connectivity index is 2.00. The van der Waals surface area contributed by atoms with Gasteiger partial charge in [0.15, 0.2) is 0 Å². The molecule has 2 amide bonds. The van der Waals surface area contributed by atoms with Gasteiger partial charge in [0, 0.05) is 11.6 Å².